The van der Waals surface area contributed by atoms with Crippen LogP contribution < -0.4 is 5.32 Å². The molecule has 0 bridgehead atoms. The predicted octanol–water partition coefficient (Wildman–Crippen LogP) is 2.27. The molecule has 3 nitrogen and oxygen atoms in total. The number of nitrogens with one attached hydrogen (secondary N) is 1. The summed E-state index contributed by atoms with van der Waals surface area (Å²) in [6.07, 6.45) is 4.14. The molecule has 1 aromatic rings. The van der Waals surface area contributed by atoms with Crippen molar-refractivity contribution in [1.82, 2.24) is 9.80 Å². The van der Waals surface area contributed by atoms with Crippen molar-refractivity contribution in [3.63, 3.8) is 0 Å². The lowest BCUT2D eigenvalue weighted by Gasteiger charge is -2.25. The zero-order valence-electron chi connectivity index (χ0n) is 11.7. The van der Waals surface area contributed by atoms with Crippen LogP contribution in [-0.2, 0) is 0 Å². The van der Waals surface area contributed by atoms with Crippen molar-refractivity contribution in [1.29, 1.82) is 0 Å². The topological polar surface area (TPSA) is 18.5 Å². The highest BCUT2D eigenvalue weighted by Crippen LogP contribution is 2.21. The van der Waals surface area contributed by atoms with Gasteiger partial charge in [0.1, 0.15) is 0 Å². The molecule has 2 heterocycles. The first kappa shape index (κ1) is 12.9. The monoisotopic (exact) mass is 259 g/mol. The van der Waals surface area contributed by atoms with Gasteiger partial charge < -0.3 is 5.32 Å². The molecular weight excluding hydrogens is 234 g/mol. The van der Waals surface area contributed by atoms with Gasteiger partial charge in [0.25, 0.3) is 0 Å². The normalized spacial score (nSPS) is 24.9. The minimum Gasteiger partial charge on any atom is -0.384 e. The zero-order valence-corrected chi connectivity index (χ0v) is 11.7. The van der Waals surface area contributed by atoms with Crippen molar-refractivity contribution in [3.8, 4) is 0 Å². The summed E-state index contributed by atoms with van der Waals surface area (Å²) in [5.74, 6) is 0. The Morgan fingerprint density at radius 1 is 1.05 bits per heavy atom. The average Bonchev–Trinajstić information content (AvgIpc) is 2.79. The zero-order chi connectivity index (χ0) is 12.9. The third kappa shape index (κ3) is 3.48. The van der Waals surface area contributed by atoms with Gasteiger partial charge in [0.2, 0.25) is 0 Å². The van der Waals surface area contributed by atoms with Gasteiger partial charge in [-0.15, -0.1) is 0 Å². The average molecular weight is 259 g/mol. The Morgan fingerprint density at radius 3 is 2.79 bits per heavy atom. The second kappa shape index (κ2) is 6.40. The number of hydrogen-bond acceptors (Lipinski definition) is 3. The second-order valence-electron chi connectivity index (χ2n) is 5.78. The Hall–Kier alpha value is -1.06. The van der Waals surface area contributed by atoms with Crippen LogP contribution in [0.3, 0.4) is 0 Å². The fourth-order valence-electron chi connectivity index (χ4n) is 3.40. The summed E-state index contributed by atoms with van der Waals surface area (Å²) in [6.45, 7) is 7.41. The molecule has 1 atom stereocenters. The van der Waals surface area contributed by atoms with Crippen LogP contribution in [0.15, 0.2) is 30.3 Å². The molecule has 1 unspecified atom stereocenters. The van der Waals surface area contributed by atoms with Crippen LogP contribution in [0.2, 0.25) is 0 Å². The first-order valence-corrected chi connectivity index (χ1v) is 7.67. The van der Waals surface area contributed by atoms with Gasteiger partial charge in [0, 0.05) is 31.4 Å². The van der Waals surface area contributed by atoms with E-state index in [4.69, 9.17) is 0 Å². The second-order valence-corrected chi connectivity index (χ2v) is 5.78. The van der Waals surface area contributed by atoms with Gasteiger partial charge in [0.05, 0.1) is 0 Å². The van der Waals surface area contributed by atoms with E-state index in [0.29, 0.717) is 0 Å². The molecule has 0 amide bonds. The van der Waals surface area contributed by atoms with Gasteiger partial charge in [-0.25, -0.2) is 0 Å². The molecule has 3 rings (SSSR count). The Morgan fingerprint density at radius 2 is 1.89 bits per heavy atom. The maximum absolute atomic E-state index is 3.52. The first-order chi connectivity index (χ1) is 9.42. The SMILES string of the molecule is c1ccc(NCCN2CCCN3CCCC3C2)cc1. The summed E-state index contributed by atoms with van der Waals surface area (Å²) < 4.78 is 0. The maximum atomic E-state index is 3.52. The van der Waals surface area contributed by atoms with Crippen LogP contribution >= 0.6 is 0 Å². The molecule has 2 aliphatic rings. The van der Waals surface area contributed by atoms with E-state index < -0.39 is 0 Å². The fraction of sp³-hybridized carbons (Fsp3) is 0.625. The summed E-state index contributed by atoms with van der Waals surface area (Å²) >= 11 is 0. The van der Waals surface area contributed by atoms with E-state index in [1.807, 2.05) is 0 Å². The molecule has 2 fully saturated rings. The highest BCUT2D eigenvalue weighted by Gasteiger charge is 2.28. The molecular formula is C16H25N3. The lowest BCUT2D eigenvalue weighted by Crippen LogP contribution is -2.38. The van der Waals surface area contributed by atoms with Crippen LogP contribution in [0.1, 0.15) is 19.3 Å². The van der Waals surface area contributed by atoms with Crippen molar-refractivity contribution in [2.75, 3.05) is 44.6 Å². The number of anilines is 1. The molecule has 19 heavy (non-hydrogen) atoms. The Labute approximate surface area is 116 Å². The number of fused-ring (bicyclic) bond motifs is 1. The quantitative estimate of drug-likeness (QED) is 0.895. The minimum absolute atomic E-state index is 0.833. The smallest absolute Gasteiger partial charge is 0.0340 e. The Balaban J connectivity index is 1.44. The van der Waals surface area contributed by atoms with Crippen molar-refractivity contribution < 1.29 is 0 Å². The van der Waals surface area contributed by atoms with E-state index >= 15 is 0 Å². The van der Waals surface area contributed by atoms with Gasteiger partial charge in [-0.1, -0.05) is 18.2 Å². The van der Waals surface area contributed by atoms with Gasteiger partial charge in [-0.05, 0) is 51.0 Å². The van der Waals surface area contributed by atoms with Crippen LogP contribution in [0.25, 0.3) is 0 Å². The third-order valence-electron chi connectivity index (χ3n) is 4.42. The van der Waals surface area contributed by atoms with Crippen molar-refractivity contribution in [3.05, 3.63) is 30.3 Å². The standard InChI is InChI=1S/C16H25N3/c1-2-6-15(7-3-1)17-9-13-18-10-5-12-19-11-4-8-16(19)14-18/h1-3,6-7,16-17H,4-5,8-14H2. The molecule has 2 aliphatic heterocycles. The number of hydrogen-bond donors (Lipinski definition) is 1. The molecule has 0 aromatic heterocycles. The largest absolute Gasteiger partial charge is 0.384 e. The third-order valence-corrected chi connectivity index (χ3v) is 4.42. The molecule has 0 aliphatic carbocycles. The van der Waals surface area contributed by atoms with Gasteiger partial charge >= 0.3 is 0 Å². The summed E-state index contributed by atoms with van der Waals surface area (Å²) in [6, 6.07) is 11.4. The fourth-order valence-corrected chi connectivity index (χ4v) is 3.40. The molecule has 0 spiro atoms. The molecule has 0 radical (unpaired) electrons. The Kier molecular flexibility index (Phi) is 4.36. The highest BCUT2D eigenvalue weighted by atomic mass is 15.3. The van der Waals surface area contributed by atoms with E-state index in [9.17, 15) is 0 Å². The number of rotatable bonds is 4. The summed E-state index contributed by atoms with van der Waals surface area (Å²) in [7, 11) is 0. The van der Waals surface area contributed by atoms with Gasteiger partial charge in [-0.2, -0.15) is 0 Å². The van der Waals surface area contributed by atoms with Crippen molar-refractivity contribution in [2.45, 2.75) is 25.3 Å². The predicted molar refractivity (Wildman–Crippen MR) is 80.6 cm³/mol. The molecule has 2 saturated heterocycles. The van der Waals surface area contributed by atoms with Crippen LogP contribution in [-0.4, -0.2) is 55.1 Å². The van der Waals surface area contributed by atoms with E-state index in [0.717, 1.165) is 12.6 Å². The van der Waals surface area contributed by atoms with E-state index in [2.05, 4.69) is 45.4 Å². The summed E-state index contributed by atoms with van der Waals surface area (Å²) in [5, 5.41) is 3.52. The number of para-hydroxylation sites is 1. The van der Waals surface area contributed by atoms with Gasteiger partial charge in [-0.3, -0.25) is 9.80 Å². The van der Waals surface area contributed by atoms with Gasteiger partial charge in [0.15, 0.2) is 0 Å². The van der Waals surface area contributed by atoms with Crippen molar-refractivity contribution in [2.24, 2.45) is 0 Å². The van der Waals surface area contributed by atoms with E-state index in [-0.39, 0.29) is 0 Å². The molecule has 3 heteroatoms. The van der Waals surface area contributed by atoms with E-state index in [1.54, 1.807) is 0 Å². The van der Waals surface area contributed by atoms with Crippen LogP contribution in [0.4, 0.5) is 5.69 Å². The minimum atomic E-state index is 0.833. The van der Waals surface area contributed by atoms with E-state index in [1.165, 1.54) is 57.7 Å². The number of benzene rings is 1. The molecule has 1 N–H and O–H groups in total. The molecule has 1 aromatic carbocycles. The van der Waals surface area contributed by atoms with Crippen molar-refractivity contribution >= 4 is 5.69 Å². The molecule has 104 valence electrons. The maximum Gasteiger partial charge on any atom is 0.0340 e. The Bertz CT molecular complexity index is 379. The molecule has 0 saturated carbocycles. The summed E-state index contributed by atoms with van der Waals surface area (Å²) in [5.41, 5.74) is 1.24. The lowest BCUT2D eigenvalue weighted by atomic mass is 10.2. The lowest BCUT2D eigenvalue weighted by molar-refractivity contribution is 0.224. The van der Waals surface area contributed by atoms with Crippen LogP contribution in [0.5, 0.6) is 0 Å². The summed E-state index contributed by atoms with van der Waals surface area (Å²) in [4.78, 5) is 5.34. The highest BCUT2D eigenvalue weighted by molar-refractivity contribution is 5.42. The van der Waals surface area contributed by atoms with Crippen LogP contribution in [0, 0.1) is 0 Å². The number of nitrogens with zero attached hydrogens (tertiary/aromatic N) is 2. The first-order valence-electron chi connectivity index (χ1n) is 7.67.